The van der Waals surface area contributed by atoms with Gasteiger partial charge in [-0.3, -0.25) is 0 Å². The fraction of sp³-hybridized carbons (Fsp3) is 1.00. The van der Waals surface area contributed by atoms with Crippen molar-refractivity contribution >= 4 is 10.0 Å². The molecule has 1 rings (SSSR count). The highest BCUT2D eigenvalue weighted by Gasteiger charge is 2.20. The lowest BCUT2D eigenvalue weighted by molar-refractivity contribution is 0.308. The molecule has 6 heteroatoms. The molecular formula is C12H27N3O2S. The summed E-state index contributed by atoms with van der Waals surface area (Å²) in [5.74, 6) is 0.602. The van der Waals surface area contributed by atoms with Crippen molar-refractivity contribution in [3.8, 4) is 0 Å². The first-order chi connectivity index (χ1) is 8.57. The van der Waals surface area contributed by atoms with Crippen molar-refractivity contribution in [1.82, 2.24) is 14.9 Å². The van der Waals surface area contributed by atoms with E-state index in [0.717, 1.165) is 45.6 Å². The fourth-order valence-corrected chi connectivity index (χ4v) is 3.79. The van der Waals surface area contributed by atoms with Crippen LogP contribution in [0.5, 0.6) is 0 Å². The molecule has 0 radical (unpaired) electrons. The lowest BCUT2D eigenvalue weighted by Crippen LogP contribution is -2.39. The van der Waals surface area contributed by atoms with Crippen LogP contribution in [-0.2, 0) is 10.0 Å². The topological polar surface area (TPSA) is 61.4 Å². The molecule has 1 saturated heterocycles. The summed E-state index contributed by atoms with van der Waals surface area (Å²) in [6.07, 6.45) is 1.94. The average Bonchev–Trinajstić information content (AvgIpc) is 2.35. The minimum atomic E-state index is -3.10. The van der Waals surface area contributed by atoms with Crippen LogP contribution in [0.25, 0.3) is 0 Å². The molecule has 0 aromatic carbocycles. The van der Waals surface area contributed by atoms with Crippen LogP contribution in [0.4, 0.5) is 0 Å². The van der Waals surface area contributed by atoms with Crippen LogP contribution >= 0.6 is 0 Å². The first-order valence-electron chi connectivity index (χ1n) is 6.97. The first kappa shape index (κ1) is 15.9. The fourth-order valence-electron chi connectivity index (χ4n) is 2.32. The maximum absolute atomic E-state index is 11.9. The van der Waals surface area contributed by atoms with Crippen LogP contribution in [-0.4, -0.2) is 58.3 Å². The number of nitrogens with zero attached hydrogens (tertiary/aromatic N) is 1. The molecule has 0 atom stereocenters. The van der Waals surface area contributed by atoms with Gasteiger partial charge in [-0.1, -0.05) is 13.8 Å². The molecule has 0 amide bonds. The zero-order valence-corrected chi connectivity index (χ0v) is 12.4. The van der Waals surface area contributed by atoms with Gasteiger partial charge in [-0.15, -0.1) is 0 Å². The van der Waals surface area contributed by atoms with Crippen LogP contribution in [0.3, 0.4) is 0 Å². The molecule has 0 saturated carbocycles. The summed E-state index contributed by atoms with van der Waals surface area (Å²) in [4.78, 5) is 2.22. The predicted molar refractivity (Wildman–Crippen MR) is 75.2 cm³/mol. The Morgan fingerprint density at radius 3 is 2.39 bits per heavy atom. The number of piperidine rings is 1. The van der Waals surface area contributed by atoms with Gasteiger partial charge in [0.15, 0.2) is 0 Å². The summed E-state index contributed by atoms with van der Waals surface area (Å²) in [7, 11) is -3.10. The van der Waals surface area contributed by atoms with Gasteiger partial charge in [0.2, 0.25) is 10.0 Å². The van der Waals surface area contributed by atoms with Crippen molar-refractivity contribution in [3.63, 3.8) is 0 Å². The molecule has 1 aliphatic heterocycles. The molecule has 1 fully saturated rings. The normalized spacial score (nSPS) is 18.4. The number of hydrogen-bond donors (Lipinski definition) is 2. The van der Waals surface area contributed by atoms with E-state index in [4.69, 9.17) is 0 Å². The van der Waals surface area contributed by atoms with Crippen LogP contribution in [0, 0.1) is 5.92 Å². The van der Waals surface area contributed by atoms with Gasteiger partial charge in [0.05, 0.1) is 5.75 Å². The molecule has 0 aliphatic carbocycles. The zero-order chi connectivity index (χ0) is 13.4. The van der Waals surface area contributed by atoms with Gasteiger partial charge in [-0.05, 0) is 44.9 Å². The first-order valence-corrected chi connectivity index (χ1v) is 8.63. The molecule has 0 spiro atoms. The summed E-state index contributed by atoms with van der Waals surface area (Å²) < 4.78 is 26.5. The van der Waals surface area contributed by atoms with Crippen molar-refractivity contribution in [1.29, 1.82) is 0 Å². The van der Waals surface area contributed by atoms with Gasteiger partial charge in [0.1, 0.15) is 0 Å². The smallest absolute Gasteiger partial charge is 0.211 e. The quantitative estimate of drug-likeness (QED) is 0.667. The highest BCUT2D eigenvalue weighted by atomic mass is 32.2. The summed E-state index contributed by atoms with van der Waals surface area (Å²) in [5.41, 5.74) is 0. The lowest BCUT2D eigenvalue weighted by Gasteiger charge is -2.23. The Balaban J connectivity index is 2.26. The van der Waals surface area contributed by atoms with Crippen LogP contribution in [0.1, 0.15) is 26.7 Å². The minimum absolute atomic E-state index is 0.285. The average molecular weight is 277 g/mol. The third-order valence-electron chi connectivity index (χ3n) is 3.56. The number of sulfonamides is 1. The Morgan fingerprint density at radius 2 is 1.83 bits per heavy atom. The van der Waals surface area contributed by atoms with Crippen molar-refractivity contribution in [2.75, 3.05) is 45.0 Å². The predicted octanol–water partition coefficient (Wildman–Crippen LogP) is 0.247. The minimum Gasteiger partial charge on any atom is -0.317 e. The molecule has 108 valence electrons. The third-order valence-corrected chi connectivity index (χ3v) is 5.11. The maximum Gasteiger partial charge on any atom is 0.211 e. The second-order valence-corrected chi connectivity index (χ2v) is 6.75. The van der Waals surface area contributed by atoms with E-state index < -0.39 is 10.0 Å². The highest BCUT2D eigenvalue weighted by molar-refractivity contribution is 7.89. The van der Waals surface area contributed by atoms with Crippen LogP contribution < -0.4 is 10.0 Å². The summed E-state index contributed by atoms with van der Waals surface area (Å²) in [6.45, 7) is 9.31. The Hall–Kier alpha value is -0.170. The number of nitrogens with one attached hydrogen (secondary N) is 2. The molecule has 1 heterocycles. The van der Waals surface area contributed by atoms with E-state index in [1.54, 1.807) is 0 Å². The monoisotopic (exact) mass is 277 g/mol. The van der Waals surface area contributed by atoms with Gasteiger partial charge >= 0.3 is 0 Å². The van der Waals surface area contributed by atoms with Crippen LogP contribution in [0.15, 0.2) is 0 Å². The molecular weight excluding hydrogens is 250 g/mol. The number of likely N-dealkylation sites (N-methyl/N-ethyl adjacent to an activating group) is 1. The van der Waals surface area contributed by atoms with Gasteiger partial charge in [-0.25, -0.2) is 13.1 Å². The van der Waals surface area contributed by atoms with Gasteiger partial charge in [0, 0.05) is 13.1 Å². The summed E-state index contributed by atoms with van der Waals surface area (Å²) in [5, 5.41) is 3.25. The van der Waals surface area contributed by atoms with Gasteiger partial charge in [0.25, 0.3) is 0 Å². The Bertz CT molecular complexity index is 309. The summed E-state index contributed by atoms with van der Waals surface area (Å²) in [6, 6.07) is 0. The molecule has 0 aromatic heterocycles. The van der Waals surface area contributed by atoms with E-state index in [0.29, 0.717) is 12.5 Å². The van der Waals surface area contributed by atoms with Crippen LogP contribution in [0.2, 0.25) is 0 Å². The number of rotatable bonds is 8. The molecule has 0 bridgehead atoms. The molecule has 18 heavy (non-hydrogen) atoms. The van der Waals surface area contributed by atoms with Crippen molar-refractivity contribution < 1.29 is 8.42 Å². The Kier molecular flexibility index (Phi) is 7.14. The SMILES string of the molecule is CCN(CC)CCNS(=O)(=O)CC1CCNCC1. The van der Waals surface area contributed by atoms with E-state index in [-0.39, 0.29) is 5.75 Å². The Labute approximate surface area is 111 Å². The largest absolute Gasteiger partial charge is 0.317 e. The third kappa shape index (κ3) is 6.13. The van der Waals surface area contributed by atoms with Crippen molar-refractivity contribution in [2.24, 2.45) is 5.92 Å². The maximum atomic E-state index is 11.9. The van der Waals surface area contributed by atoms with E-state index >= 15 is 0 Å². The van der Waals surface area contributed by atoms with E-state index in [1.165, 1.54) is 0 Å². The second kappa shape index (κ2) is 8.09. The van der Waals surface area contributed by atoms with E-state index in [9.17, 15) is 8.42 Å². The lowest BCUT2D eigenvalue weighted by atomic mass is 10.0. The van der Waals surface area contributed by atoms with E-state index in [1.807, 2.05) is 0 Å². The Morgan fingerprint density at radius 1 is 1.22 bits per heavy atom. The van der Waals surface area contributed by atoms with Gasteiger partial charge < -0.3 is 10.2 Å². The standard InChI is InChI=1S/C12H27N3O2S/c1-3-15(4-2)10-9-14-18(16,17)11-12-5-7-13-8-6-12/h12-14H,3-11H2,1-2H3. The highest BCUT2D eigenvalue weighted by Crippen LogP contribution is 2.13. The molecule has 1 aliphatic rings. The van der Waals surface area contributed by atoms with Crippen molar-refractivity contribution in [3.05, 3.63) is 0 Å². The van der Waals surface area contributed by atoms with Crippen molar-refractivity contribution in [2.45, 2.75) is 26.7 Å². The molecule has 0 aromatic rings. The van der Waals surface area contributed by atoms with Gasteiger partial charge in [-0.2, -0.15) is 0 Å². The molecule has 5 nitrogen and oxygen atoms in total. The molecule has 0 unspecified atom stereocenters. The number of hydrogen-bond acceptors (Lipinski definition) is 4. The van der Waals surface area contributed by atoms with E-state index in [2.05, 4.69) is 28.8 Å². The molecule has 2 N–H and O–H groups in total. The zero-order valence-electron chi connectivity index (χ0n) is 11.6. The summed E-state index contributed by atoms with van der Waals surface area (Å²) >= 11 is 0. The second-order valence-electron chi connectivity index (χ2n) is 4.90.